The van der Waals surface area contributed by atoms with Gasteiger partial charge in [-0.15, -0.1) is 0 Å². The van der Waals surface area contributed by atoms with Gasteiger partial charge in [-0.05, 0) is 37.0 Å². The molecular formula is C29H36F4O3. The second-order valence-corrected chi connectivity index (χ2v) is 7.81. The number of ether oxygens (including phenoxy) is 3. The van der Waals surface area contributed by atoms with E-state index in [-0.39, 0.29) is 28.9 Å². The highest BCUT2D eigenvalue weighted by Crippen LogP contribution is 2.31. The van der Waals surface area contributed by atoms with E-state index in [1.54, 1.807) is 20.8 Å². The molecule has 0 saturated heterocycles. The van der Waals surface area contributed by atoms with Gasteiger partial charge < -0.3 is 14.2 Å². The molecule has 0 saturated carbocycles. The van der Waals surface area contributed by atoms with Crippen LogP contribution in [0.2, 0.25) is 0 Å². The Morgan fingerprint density at radius 1 is 0.778 bits per heavy atom. The minimum absolute atomic E-state index is 0.0272. The van der Waals surface area contributed by atoms with Gasteiger partial charge in [-0.3, -0.25) is 0 Å². The quantitative estimate of drug-likeness (QED) is 0.0849. The molecule has 36 heavy (non-hydrogen) atoms. The summed E-state index contributed by atoms with van der Waals surface area (Å²) in [4.78, 5) is 0. The average Bonchev–Trinajstić information content (AvgIpc) is 2.88. The molecule has 0 bridgehead atoms. The Balaban J connectivity index is 5.29. The molecule has 3 nitrogen and oxygen atoms in total. The monoisotopic (exact) mass is 508 g/mol. The van der Waals surface area contributed by atoms with Crippen LogP contribution in [-0.4, -0.2) is 19.5 Å². The fraction of sp³-hybridized carbons (Fsp3) is 0.310. The zero-order valence-corrected chi connectivity index (χ0v) is 21.6. The van der Waals surface area contributed by atoms with Crippen LogP contribution in [-0.2, 0) is 14.2 Å². The molecule has 0 amide bonds. The van der Waals surface area contributed by atoms with Crippen molar-refractivity contribution in [1.29, 1.82) is 0 Å². The van der Waals surface area contributed by atoms with Gasteiger partial charge in [-0.2, -0.15) is 4.39 Å². The number of hydrogen-bond acceptors (Lipinski definition) is 3. The number of hydrogen-bond donors (Lipinski definition) is 0. The van der Waals surface area contributed by atoms with Crippen molar-refractivity contribution in [3.05, 3.63) is 121 Å². The first-order valence-electron chi connectivity index (χ1n) is 11.2. The van der Waals surface area contributed by atoms with Gasteiger partial charge in [-0.25, -0.2) is 13.2 Å². The SMILES string of the molecule is C=C(/C=C\C(=C)C(=C)/C(F)=C(/F)C(=C)C(C)COC(C)OCCC)C(=C)/C(F)=C(/F)C(=C)O/C=C\C. The Labute approximate surface area is 212 Å². The molecule has 0 N–H and O–H groups in total. The van der Waals surface area contributed by atoms with Gasteiger partial charge in [0.1, 0.15) is 0 Å². The number of rotatable bonds is 17. The first-order chi connectivity index (χ1) is 16.8. The minimum atomic E-state index is -1.35. The molecule has 2 atom stereocenters. The van der Waals surface area contributed by atoms with Gasteiger partial charge in [0.2, 0.25) is 5.83 Å². The molecule has 0 aromatic rings. The largest absolute Gasteiger partial charge is 0.463 e. The van der Waals surface area contributed by atoms with Crippen LogP contribution in [0.3, 0.4) is 0 Å². The Morgan fingerprint density at radius 2 is 1.28 bits per heavy atom. The molecule has 0 spiro atoms. The summed E-state index contributed by atoms with van der Waals surface area (Å²) in [5.74, 6) is -6.22. The maximum atomic E-state index is 14.7. The van der Waals surface area contributed by atoms with Gasteiger partial charge >= 0.3 is 0 Å². The van der Waals surface area contributed by atoms with E-state index in [9.17, 15) is 17.6 Å². The third-order valence-electron chi connectivity index (χ3n) is 4.78. The number of halogens is 4. The van der Waals surface area contributed by atoms with Crippen LogP contribution in [0.5, 0.6) is 0 Å². The van der Waals surface area contributed by atoms with Crippen LogP contribution in [0.1, 0.15) is 34.1 Å². The molecule has 198 valence electrons. The van der Waals surface area contributed by atoms with E-state index in [1.807, 2.05) is 6.92 Å². The Hall–Kier alpha value is -3.16. The van der Waals surface area contributed by atoms with E-state index in [4.69, 9.17) is 14.2 Å². The molecule has 0 fully saturated rings. The molecular weight excluding hydrogens is 472 g/mol. The highest BCUT2D eigenvalue weighted by atomic mass is 19.2. The van der Waals surface area contributed by atoms with E-state index in [0.717, 1.165) is 12.7 Å². The van der Waals surface area contributed by atoms with E-state index >= 15 is 0 Å². The predicted molar refractivity (Wildman–Crippen MR) is 139 cm³/mol. The lowest BCUT2D eigenvalue weighted by Crippen LogP contribution is -2.18. The summed E-state index contributed by atoms with van der Waals surface area (Å²) in [6.45, 7) is 28.6. The average molecular weight is 509 g/mol. The predicted octanol–water partition coefficient (Wildman–Crippen LogP) is 9.11. The molecule has 0 aromatic heterocycles. The van der Waals surface area contributed by atoms with Crippen LogP contribution >= 0.6 is 0 Å². The highest BCUT2D eigenvalue weighted by molar-refractivity contribution is 5.54. The smallest absolute Gasteiger partial charge is 0.201 e. The highest BCUT2D eigenvalue weighted by Gasteiger charge is 2.20. The van der Waals surface area contributed by atoms with Crippen molar-refractivity contribution in [2.45, 2.75) is 40.4 Å². The van der Waals surface area contributed by atoms with Gasteiger partial charge in [0.05, 0.1) is 12.9 Å². The fourth-order valence-corrected chi connectivity index (χ4v) is 2.34. The zero-order chi connectivity index (χ0) is 28.0. The van der Waals surface area contributed by atoms with E-state index in [1.165, 1.54) is 18.2 Å². The standard InChI is InChI=1S/C29H36F4O3/c1-11-15-34-24(9)29(33)28(32)22(7)19(4)14-13-18(3)21(6)26(30)27(31)23(8)20(5)17-36-25(10)35-16-12-2/h11,13-15,20,25H,3-4,6-9,12,16-17H2,1-2,5,10H3/b14-13-,15-11-,27-26-,29-28-. The third-order valence-corrected chi connectivity index (χ3v) is 4.78. The van der Waals surface area contributed by atoms with Crippen LogP contribution in [0.4, 0.5) is 17.6 Å². The zero-order valence-electron chi connectivity index (χ0n) is 21.6. The number of allylic oxidation sites excluding steroid dienone is 11. The summed E-state index contributed by atoms with van der Waals surface area (Å²) >= 11 is 0. The fourth-order valence-electron chi connectivity index (χ4n) is 2.34. The normalized spacial score (nSPS) is 14.7. The summed E-state index contributed by atoms with van der Waals surface area (Å²) in [5.41, 5.74) is -0.940. The van der Waals surface area contributed by atoms with E-state index in [0.29, 0.717) is 6.61 Å². The molecule has 2 unspecified atom stereocenters. The maximum absolute atomic E-state index is 14.7. The van der Waals surface area contributed by atoms with E-state index in [2.05, 4.69) is 39.5 Å². The Kier molecular flexibility index (Phi) is 15.1. The first kappa shape index (κ1) is 32.8. The third kappa shape index (κ3) is 10.6. The van der Waals surface area contributed by atoms with Crippen LogP contribution < -0.4 is 0 Å². The van der Waals surface area contributed by atoms with Crippen molar-refractivity contribution < 1.29 is 31.8 Å². The van der Waals surface area contributed by atoms with Crippen LogP contribution in [0, 0.1) is 5.92 Å². The summed E-state index contributed by atoms with van der Waals surface area (Å²) in [6, 6.07) is 0. The van der Waals surface area contributed by atoms with Crippen molar-refractivity contribution >= 4 is 0 Å². The second-order valence-electron chi connectivity index (χ2n) is 7.81. The maximum Gasteiger partial charge on any atom is 0.201 e. The summed E-state index contributed by atoms with van der Waals surface area (Å²) in [6.07, 6.45) is 5.37. The van der Waals surface area contributed by atoms with Crippen molar-refractivity contribution in [1.82, 2.24) is 0 Å². The van der Waals surface area contributed by atoms with Crippen molar-refractivity contribution in [2.24, 2.45) is 5.92 Å². The van der Waals surface area contributed by atoms with Gasteiger partial charge in [0.25, 0.3) is 0 Å². The lowest BCUT2D eigenvalue weighted by atomic mass is 9.98. The Morgan fingerprint density at radius 3 is 1.75 bits per heavy atom. The van der Waals surface area contributed by atoms with E-state index < -0.39 is 46.8 Å². The first-order valence-corrected chi connectivity index (χ1v) is 11.2. The topological polar surface area (TPSA) is 27.7 Å². The van der Waals surface area contributed by atoms with Crippen LogP contribution in [0.25, 0.3) is 0 Å². The van der Waals surface area contributed by atoms with Gasteiger partial charge in [-0.1, -0.05) is 71.5 Å². The molecule has 0 radical (unpaired) electrons. The molecule has 0 aliphatic carbocycles. The molecule has 0 aromatic carbocycles. The lowest BCUT2D eigenvalue weighted by molar-refractivity contribution is -0.135. The van der Waals surface area contributed by atoms with Crippen molar-refractivity contribution in [2.75, 3.05) is 13.2 Å². The summed E-state index contributed by atoms with van der Waals surface area (Å²) in [5, 5.41) is 0. The molecule has 0 aliphatic heterocycles. The second kappa shape index (κ2) is 16.5. The van der Waals surface area contributed by atoms with Gasteiger partial charge in [0, 0.05) is 23.7 Å². The van der Waals surface area contributed by atoms with Crippen LogP contribution in [0.15, 0.2) is 121 Å². The minimum Gasteiger partial charge on any atom is -0.463 e. The van der Waals surface area contributed by atoms with Gasteiger partial charge in [0.15, 0.2) is 29.5 Å². The summed E-state index contributed by atoms with van der Waals surface area (Å²) < 4.78 is 73.5. The molecule has 0 heterocycles. The summed E-state index contributed by atoms with van der Waals surface area (Å²) in [7, 11) is 0. The molecule has 0 rings (SSSR count). The lowest BCUT2D eigenvalue weighted by Gasteiger charge is -2.19. The molecule has 0 aliphatic rings. The Bertz CT molecular complexity index is 996. The van der Waals surface area contributed by atoms with Crippen molar-refractivity contribution in [3.8, 4) is 0 Å². The molecule has 7 heteroatoms. The van der Waals surface area contributed by atoms with Crippen molar-refractivity contribution in [3.63, 3.8) is 0 Å².